The van der Waals surface area contributed by atoms with Crippen molar-refractivity contribution < 1.29 is 9.53 Å². The molecular weight excluding hydrogens is 388 g/mol. The van der Waals surface area contributed by atoms with Crippen molar-refractivity contribution in [2.75, 3.05) is 14.1 Å². The Morgan fingerprint density at radius 1 is 1.19 bits per heavy atom. The van der Waals surface area contributed by atoms with E-state index >= 15 is 0 Å². The highest BCUT2D eigenvalue weighted by atomic mass is 35.5. The van der Waals surface area contributed by atoms with Gasteiger partial charge in [0, 0.05) is 43.7 Å². The predicted octanol–water partition coefficient (Wildman–Crippen LogP) is 3.54. The Morgan fingerprint density at radius 3 is 2.41 bits per heavy atom. The molecule has 0 saturated heterocycles. The fourth-order valence-electron chi connectivity index (χ4n) is 2.53. The number of rotatable bonds is 3. The average molecular weight is 407 g/mol. The number of amides is 1. The molecule has 142 valence electrons. The van der Waals surface area contributed by atoms with Crippen LogP contribution in [0, 0.1) is 6.92 Å². The average Bonchev–Trinajstić information content (AvgIpc) is 3.09. The second-order valence-corrected chi connectivity index (χ2v) is 7.87. The van der Waals surface area contributed by atoms with E-state index in [1.807, 2.05) is 19.1 Å². The van der Waals surface area contributed by atoms with Crippen molar-refractivity contribution in [1.82, 2.24) is 19.2 Å². The highest BCUT2D eigenvalue weighted by Gasteiger charge is 2.26. The van der Waals surface area contributed by atoms with E-state index in [2.05, 4.69) is 4.98 Å². The lowest BCUT2D eigenvalue weighted by molar-refractivity contribution is 0.167. The molecule has 0 bridgehead atoms. The summed E-state index contributed by atoms with van der Waals surface area (Å²) in [5, 5.41) is 1.40. The second-order valence-electron chi connectivity index (χ2n) is 6.23. The second kappa shape index (κ2) is 7.21. The van der Waals surface area contributed by atoms with Gasteiger partial charge in [0.25, 0.3) is 5.56 Å². The maximum atomic E-state index is 12.8. The third-order valence-electron chi connectivity index (χ3n) is 4.14. The molecule has 27 heavy (non-hydrogen) atoms. The minimum absolute atomic E-state index is 0.164. The van der Waals surface area contributed by atoms with E-state index in [9.17, 15) is 9.59 Å². The van der Waals surface area contributed by atoms with Crippen molar-refractivity contribution in [3.05, 3.63) is 44.5 Å². The molecule has 7 nitrogen and oxygen atoms in total. The van der Waals surface area contributed by atoms with E-state index in [1.165, 1.54) is 25.6 Å². The number of thiazole rings is 1. The third kappa shape index (κ3) is 3.50. The summed E-state index contributed by atoms with van der Waals surface area (Å²) in [7, 11) is 6.43. The van der Waals surface area contributed by atoms with Crippen LogP contribution in [0.1, 0.15) is 4.88 Å². The normalized spacial score (nSPS) is 10.9. The first-order chi connectivity index (χ1) is 12.7. The molecule has 0 radical (unpaired) electrons. The molecule has 1 aromatic carbocycles. The van der Waals surface area contributed by atoms with Gasteiger partial charge in [-0.05, 0) is 19.1 Å². The molecule has 0 saturated carbocycles. The van der Waals surface area contributed by atoms with Gasteiger partial charge in [-0.2, -0.15) is 0 Å². The van der Waals surface area contributed by atoms with Gasteiger partial charge in [0.05, 0.1) is 5.69 Å². The molecule has 0 aliphatic carbocycles. The summed E-state index contributed by atoms with van der Waals surface area (Å²) >= 11 is 7.41. The number of aryl methyl sites for hydroxylation is 1. The minimum Gasteiger partial charge on any atom is -0.391 e. The molecule has 0 N–H and O–H groups in total. The molecule has 2 heterocycles. The summed E-state index contributed by atoms with van der Waals surface area (Å²) in [5.74, 6) is 0.164. The lowest BCUT2D eigenvalue weighted by Gasteiger charge is -2.12. The Hall–Kier alpha value is -2.58. The Morgan fingerprint density at radius 2 is 1.81 bits per heavy atom. The Labute approximate surface area is 165 Å². The summed E-state index contributed by atoms with van der Waals surface area (Å²) in [4.78, 5) is 31.7. The standard InChI is InChI=1S/C18H19ClN4O3S/c1-10-14(20-15(27-10)11-6-8-12(19)9-7-11)13-16(24)22(4)23(5)17(13)26-18(25)21(2)3/h6-9H,1-5H3. The van der Waals surface area contributed by atoms with Crippen LogP contribution in [-0.4, -0.2) is 39.4 Å². The van der Waals surface area contributed by atoms with Gasteiger partial charge >= 0.3 is 6.09 Å². The van der Waals surface area contributed by atoms with Crippen LogP contribution in [0.3, 0.4) is 0 Å². The molecular formula is C18H19ClN4O3S. The summed E-state index contributed by atoms with van der Waals surface area (Å²) in [5.41, 5.74) is 1.39. The fourth-order valence-corrected chi connectivity index (χ4v) is 3.58. The number of aromatic nitrogens is 3. The summed E-state index contributed by atoms with van der Waals surface area (Å²) < 4.78 is 8.34. The van der Waals surface area contributed by atoms with E-state index in [-0.39, 0.29) is 17.0 Å². The van der Waals surface area contributed by atoms with E-state index in [0.717, 1.165) is 15.4 Å². The van der Waals surface area contributed by atoms with Crippen molar-refractivity contribution in [1.29, 1.82) is 0 Å². The number of halogens is 1. The highest BCUT2D eigenvalue weighted by Crippen LogP contribution is 2.36. The van der Waals surface area contributed by atoms with Crippen LogP contribution in [0.15, 0.2) is 29.1 Å². The van der Waals surface area contributed by atoms with Crippen molar-refractivity contribution in [2.24, 2.45) is 14.1 Å². The fraction of sp³-hybridized carbons (Fsp3) is 0.278. The number of carbonyl (C=O) groups excluding carboxylic acids is 1. The van der Waals surface area contributed by atoms with Gasteiger partial charge in [-0.3, -0.25) is 14.2 Å². The van der Waals surface area contributed by atoms with E-state index < -0.39 is 6.09 Å². The quantitative estimate of drug-likeness (QED) is 0.667. The lowest BCUT2D eigenvalue weighted by Crippen LogP contribution is -2.26. The Kier molecular flexibility index (Phi) is 5.12. The zero-order valence-electron chi connectivity index (χ0n) is 15.6. The molecule has 0 spiro atoms. The van der Waals surface area contributed by atoms with Gasteiger partial charge < -0.3 is 9.64 Å². The molecule has 0 fully saturated rings. The first-order valence-corrected chi connectivity index (χ1v) is 9.29. The van der Waals surface area contributed by atoms with Crippen LogP contribution in [-0.2, 0) is 14.1 Å². The Balaban J connectivity index is 2.14. The summed E-state index contributed by atoms with van der Waals surface area (Å²) in [6, 6.07) is 7.33. The molecule has 2 aromatic heterocycles. The van der Waals surface area contributed by atoms with Crippen molar-refractivity contribution >= 4 is 29.0 Å². The zero-order valence-corrected chi connectivity index (χ0v) is 17.2. The number of hydrogen-bond acceptors (Lipinski definition) is 5. The van der Waals surface area contributed by atoms with Crippen LogP contribution < -0.4 is 10.3 Å². The minimum atomic E-state index is -0.566. The number of ether oxygens (including phenoxy) is 1. The number of carbonyl (C=O) groups is 1. The first kappa shape index (κ1) is 19.2. The maximum absolute atomic E-state index is 12.8. The number of nitrogens with zero attached hydrogens (tertiary/aromatic N) is 4. The van der Waals surface area contributed by atoms with Crippen LogP contribution in [0.2, 0.25) is 5.02 Å². The van der Waals surface area contributed by atoms with Crippen LogP contribution in [0.4, 0.5) is 4.79 Å². The maximum Gasteiger partial charge on any atom is 0.416 e. The monoisotopic (exact) mass is 406 g/mol. The molecule has 0 unspecified atom stereocenters. The molecule has 1 amide bonds. The van der Waals surface area contributed by atoms with E-state index in [1.54, 1.807) is 40.3 Å². The number of hydrogen-bond donors (Lipinski definition) is 0. The lowest BCUT2D eigenvalue weighted by atomic mass is 10.2. The van der Waals surface area contributed by atoms with Gasteiger partial charge in [-0.15, -0.1) is 11.3 Å². The molecule has 9 heteroatoms. The van der Waals surface area contributed by atoms with Gasteiger partial charge in [0.1, 0.15) is 10.6 Å². The SMILES string of the molecule is Cc1sc(-c2ccc(Cl)cc2)nc1-c1c(OC(=O)N(C)C)n(C)n(C)c1=O. The van der Waals surface area contributed by atoms with Crippen LogP contribution in [0.5, 0.6) is 5.88 Å². The topological polar surface area (TPSA) is 69.4 Å². The summed E-state index contributed by atoms with van der Waals surface area (Å²) in [6.45, 7) is 1.89. The van der Waals surface area contributed by atoms with Crippen LogP contribution >= 0.6 is 22.9 Å². The van der Waals surface area contributed by atoms with Crippen LogP contribution in [0.25, 0.3) is 21.8 Å². The molecule has 3 rings (SSSR count). The Bertz CT molecular complexity index is 1060. The molecule has 3 aromatic rings. The van der Waals surface area contributed by atoms with Crippen molar-refractivity contribution in [2.45, 2.75) is 6.92 Å². The van der Waals surface area contributed by atoms with E-state index in [4.69, 9.17) is 16.3 Å². The third-order valence-corrected chi connectivity index (χ3v) is 5.41. The van der Waals surface area contributed by atoms with Gasteiger partial charge in [0.2, 0.25) is 5.88 Å². The smallest absolute Gasteiger partial charge is 0.391 e. The van der Waals surface area contributed by atoms with Crippen molar-refractivity contribution in [3.63, 3.8) is 0 Å². The predicted molar refractivity (Wildman–Crippen MR) is 107 cm³/mol. The first-order valence-electron chi connectivity index (χ1n) is 8.09. The highest BCUT2D eigenvalue weighted by molar-refractivity contribution is 7.15. The number of benzene rings is 1. The largest absolute Gasteiger partial charge is 0.416 e. The van der Waals surface area contributed by atoms with Gasteiger partial charge in [0.15, 0.2) is 0 Å². The zero-order chi connectivity index (χ0) is 19.9. The molecule has 0 aliphatic heterocycles. The van der Waals surface area contributed by atoms with Crippen molar-refractivity contribution in [3.8, 4) is 27.7 Å². The van der Waals surface area contributed by atoms with Gasteiger partial charge in [-0.25, -0.2) is 9.78 Å². The van der Waals surface area contributed by atoms with Gasteiger partial charge in [-0.1, -0.05) is 23.7 Å². The molecule has 0 aliphatic rings. The summed E-state index contributed by atoms with van der Waals surface area (Å²) in [6.07, 6.45) is -0.566. The molecule has 0 atom stereocenters. The van der Waals surface area contributed by atoms with E-state index in [0.29, 0.717) is 10.7 Å².